The van der Waals surface area contributed by atoms with Gasteiger partial charge in [-0.25, -0.2) is 4.79 Å². The Labute approximate surface area is 174 Å². The van der Waals surface area contributed by atoms with Gasteiger partial charge in [-0.3, -0.25) is 9.78 Å². The van der Waals surface area contributed by atoms with Crippen LogP contribution in [0.1, 0.15) is 36.3 Å². The van der Waals surface area contributed by atoms with E-state index in [1.807, 2.05) is 18.2 Å². The van der Waals surface area contributed by atoms with Crippen molar-refractivity contribution in [3.8, 4) is 11.8 Å². The van der Waals surface area contributed by atoms with E-state index in [4.69, 9.17) is 20.5 Å². The van der Waals surface area contributed by atoms with Crippen molar-refractivity contribution in [3.05, 3.63) is 53.3 Å². The lowest BCUT2D eigenvalue weighted by molar-refractivity contribution is -0.145. The fourth-order valence-corrected chi connectivity index (χ4v) is 2.56. The number of aliphatic hydroxyl groups is 1. The molecule has 0 aliphatic carbocycles. The molecule has 1 aromatic heterocycles. The molecule has 0 bridgehead atoms. The first-order valence-corrected chi connectivity index (χ1v) is 9.43. The highest BCUT2D eigenvalue weighted by Gasteiger charge is 2.19. The smallest absolute Gasteiger partial charge is 0.344 e. The monoisotopic (exact) mass is 412 g/mol. The van der Waals surface area contributed by atoms with Gasteiger partial charge in [0.25, 0.3) is 5.91 Å². The molecule has 9 heteroatoms. The molecule has 30 heavy (non-hydrogen) atoms. The van der Waals surface area contributed by atoms with Crippen molar-refractivity contribution in [1.82, 2.24) is 10.3 Å². The van der Waals surface area contributed by atoms with Crippen molar-refractivity contribution in [3.63, 3.8) is 0 Å². The molecule has 0 spiro atoms. The zero-order valence-electron chi connectivity index (χ0n) is 16.6. The van der Waals surface area contributed by atoms with Crippen molar-refractivity contribution in [1.29, 1.82) is 5.26 Å². The van der Waals surface area contributed by atoms with E-state index in [0.29, 0.717) is 31.7 Å². The lowest BCUT2D eigenvalue weighted by atomic mass is 10.1. The van der Waals surface area contributed by atoms with Crippen LogP contribution < -0.4 is 15.8 Å². The number of nitrogens with one attached hydrogen (secondary N) is 1. The summed E-state index contributed by atoms with van der Waals surface area (Å²) in [6.45, 7) is 2.26. The molecule has 1 atom stereocenters. The molecule has 4 N–H and O–H groups in total. The largest absolute Gasteiger partial charge is 0.482 e. The number of nitrogens with two attached hydrogens (primary N) is 1. The highest BCUT2D eigenvalue weighted by molar-refractivity contribution is 5.81. The fourth-order valence-electron chi connectivity index (χ4n) is 2.56. The molecule has 158 valence electrons. The first-order valence-electron chi connectivity index (χ1n) is 9.43. The van der Waals surface area contributed by atoms with Crippen molar-refractivity contribution in [2.24, 2.45) is 0 Å². The molecule has 1 aromatic carbocycles. The number of anilines is 1. The number of aliphatic hydroxyl groups excluding tert-OH is 1. The van der Waals surface area contributed by atoms with Crippen LogP contribution in [-0.4, -0.2) is 41.7 Å². The second-order valence-corrected chi connectivity index (χ2v) is 6.34. The molecular formula is C21H24N4O5. The number of esters is 1. The van der Waals surface area contributed by atoms with Crippen LogP contribution in [0.4, 0.5) is 5.69 Å². The maximum atomic E-state index is 12.1. The van der Waals surface area contributed by atoms with Gasteiger partial charge < -0.3 is 25.6 Å². The Bertz CT molecular complexity index is 909. The Morgan fingerprint density at radius 2 is 2.07 bits per heavy atom. The zero-order chi connectivity index (χ0) is 21.9. The van der Waals surface area contributed by atoms with Gasteiger partial charge in [0.1, 0.15) is 11.8 Å². The minimum absolute atomic E-state index is 0.0663. The number of carbonyl (C=O) groups excluding carboxylic acids is 2. The summed E-state index contributed by atoms with van der Waals surface area (Å²) in [6.07, 6.45) is 1.12. The average molecular weight is 412 g/mol. The Morgan fingerprint density at radius 1 is 1.33 bits per heavy atom. The van der Waals surface area contributed by atoms with Gasteiger partial charge in [-0.1, -0.05) is 12.1 Å². The molecule has 9 nitrogen and oxygen atoms in total. The third-order valence-corrected chi connectivity index (χ3v) is 4.13. The average Bonchev–Trinajstić information content (AvgIpc) is 2.76. The van der Waals surface area contributed by atoms with Gasteiger partial charge in [0, 0.05) is 6.54 Å². The summed E-state index contributed by atoms with van der Waals surface area (Å²) in [7, 11) is 0. The quantitative estimate of drug-likeness (QED) is 0.390. The summed E-state index contributed by atoms with van der Waals surface area (Å²) in [5.74, 6) is -0.452. The van der Waals surface area contributed by atoms with E-state index in [-0.39, 0.29) is 23.6 Å². The maximum Gasteiger partial charge on any atom is 0.344 e. The number of aromatic nitrogens is 1. The summed E-state index contributed by atoms with van der Waals surface area (Å²) in [5, 5.41) is 21.7. The lowest BCUT2D eigenvalue weighted by Crippen LogP contribution is -2.30. The van der Waals surface area contributed by atoms with Crippen LogP contribution in [0.15, 0.2) is 36.5 Å². The zero-order valence-corrected chi connectivity index (χ0v) is 16.6. The molecule has 1 amide bonds. The maximum absolute atomic E-state index is 12.1. The second-order valence-electron chi connectivity index (χ2n) is 6.34. The summed E-state index contributed by atoms with van der Waals surface area (Å²) in [4.78, 5) is 27.3. The number of amides is 1. The minimum Gasteiger partial charge on any atom is -0.482 e. The van der Waals surface area contributed by atoms with Gasteiger partial charge in [-0.15, -0.1) is 0 Å². The van der Waals surface area contributed by atoms with Crippen LogP contribution in [0.3, 0.4) is 0 Å². The first kappa shape index (κ1) is 22.6. The molecule has 0 saturated carbocycles. The number of aryl methyl sites for hydroxylation is 1. The first-order chi connectivity index (χ1) is 14.4. The fraction of sp³-hybridized carbons (Fsp3) is 0.333. The van der Waals surface area contributed by atoms with Crippen LogP contribution >= 0.6 is 0 Å². The number of nitrogens with zero attached hydrogens (tertiary/aromatic N) is 2. The molecule has 0 saturated heterocycles. The topological polar surface area (TPSA) is 148 Å². The van der Waals surface area contributed by atoms with Crippen LogP contribution in [0.5, 0.6) is 5.75 Å². The van der Waals surface area contributed by atoms with Crippen molar-refractivity contribution in [2.75, 3.05) is 25.5 Å². The van der Waals surface area contributed by atoms with E-state index in [1.165, 1.54) is 12.3 Å². The Kier molecular flexibility index (Phi) is 8.59. The number of hydrogen-bond donors (Lipinski definition) is 3. The number of rotatable bonds is 10. The third kappa shape index (κ3) is 6.76. The molecule has 0 radical (unpaired) electrons. The van der Waals surface area contributed by atoms with E-state index in [2.05, 4.69) is 10.3 Å². The predicted molar refractivity (Wildman–Crippen MR) is 108 cm³/mol. The SMILES string of the molecule is CCOC(=O)COc1ccc(CCCNC(=O)C(O)c2cc(C#N)c(N)cn2)cc1. The van der Waals surface area contributed by atoms with Crippen molar-refractivity contribution < 1.29 is 24.2 Å². The molecule has 0 aliphatic heterocycles. The Morgan fingerprint density at radius 3 is 2.73 bits per heavy atom. The summed E-state index contributed by atoms with van der Waals surface area (Å²) in [5.41, 5.74) is 7.03. The summed E-state index contributed by atoms with van der Waals surface area (Å²) >= 11 is 0. The van der Waals surface area contributed by atoms with E-state index in [9.17, 15) is 14.7 Å². The Hall–Kier alpha value is -3.64. The van der Waals surface area contributed by atoms with Crippen LogP contribution in [0, 0.1) is 11.3 Å². The van der Waals surface area contributed by atoms with E-state index >= 15 is 0 Å². The third-order valence-electron chi connectivity index (χ3n) is 4.13. The van der Waals surface area contributed by atoms with Crippen molar-refractivity contribution >= 4 is 17.6 Å². The number of benzene rings is 1. The van der Waals surface area contributed by atoms with E-state index in [1.54, 1.807) is 19.1 Å². The minimum atomic E-state index is -1.48. The van der Waals surface area contributed by atoms with E-state index in [0.717, 1.165) is 5.56 Å². The number of nitriles is 1. The van der Waals surface area contributed by atoms with Gasteiger partial charge in [0.15, 0.2) is 12.7 Å². The molecule has 1 heterocycles. The normalized spacial score (nSPS) is 11.2. The van der Waals surface area contributed by atoms with Gasteiger partial charge in [0.2, 0.25) is 0 Å². The summed E-state index contributed by atoms with van der Waals surface area (Å²) < 4.78 is 10.1. The van der Waals surface area contributed by atoms with Crippen LogP contribution in [-0.2, 0) is 20.7 Å². The number of ether oxygens (including phenoxy) is 2. The lowest BCUT2D eigenvalue weighted by Gasteiger charge is -2.12. The number of carbonyl (C=O) groups is 2. The molecule has 1 unspecified atom stereocenters. The van der Waals surface area contributed by atoms with Crippen molar-refractivity contribution in [2.45, 2.75) is 25.9 Å². The van der Waals surface area contributed by atoms with E-state index < -0.39 is 18.0 Å². The van der Waals surface area contributed by atoms with Gasteiger partial charge in [0.05, 0.1) is 29.7 Å². The molecule has 0 aliphatic rings. The molecule has 0 fully saturated rings. The highest BCUT2D eigenvalue weighted by atomic mass is 16.6. The van der Waals surface area contributed by atoms with Gasteiger partial charge in [-0.2, -0.15) is 5.26 Å². The van der Waals surface area contributed by atoms with Gasteiger partial charge in [-0.05, 0) is 43.5 Å². The van der Waals surface area contributed by atoms with Crippen LogP contribution in [0.2, 0.25) is 0 Å². The molecular weight excluding hydrogens is 388 g/mol. The second kappa shape index (κ2) is 11.4. The van der Waals surface area contributed by atoms with Crippen LogP contribution in [0.25, 0.3) is 0 Å². The Balaban J connectivity index is 1.74. The number of nitrogen functional groups attached to an aromatic ring is 1. The van der Waals surface area contributed by atoms with Gasteiger partial charge >= 0.3 is 5.97 Å². The molecule has 2 aromatic rings. The molecule has 2 rings (SSSR count). The number of hydrogen-bond acceptors (Lipinski definition) is 8. The standard InChI is InChI=1S/C21H24N4O5/c1-2-29-19(26)13-30-16-7-5-14(6-8-16)4-3-9-24-21(28)20(27)18-10-15(11-22)17(23)12-25-18/h5-8,10,12,20,27H,2-4,9,13,23H2,1H3,(H,24,28). The number of pyridine rings is 1. The summed E-state index contributed by atoms with van der Waals surface area (Å²) in [6, 6.07) is 10.4. The highest BCUT2D eigenvalue weighted by Crippen LogP contribution is 2.16. The predicted octanol–water partition coefficient (Wildman–Crippen LogP) is 1.26.